The van der Waals surface area contributed by atoms with Crippen molar-refractivity contribution in [3.8, 4) is 0 Å². The minimum Gasteiger partial charge on any atom is -0.366 e. The molecule has 1 atom stereocenters. The molecule has 0 spiro atoms. The van der Waals surface area contributed by atoms with E-state index in [4.69, 9.17) is 4.74 Å². The van der Waals surface area contributed by atoms with Crippen molar-refractivity contribution in [1.82, 2.24) is 14.9 Å². The molecule has 2 rings (SSSR count). The topological polar surface area (TPSA) is 68.2 Å². The summed E-state index contributed by atoms with van der Waals surface area (Å²) >= 11 is 0. The molecule has 6 heteroatoms. The van der Waals surface area contributed by atoms with Crippen LogP contribution in [0.1, 0.15) is 13.8 Å². The van der Waals surface area contributed by atoms with Crippen LogP contribution in [0.15, 0.2) is 12.4 Å². The fraction of sp³-hybridized carbons (Fsp3) is 0.667. The third-order valence-electron chi connectivity index (χ3n) is 2.73. The van der Waals surface area contributed by atoms with Crippen molar-refractivity contribution in [2.45, 2.75) is 26.5 Å². The highest BCUT2D eigenvalue weighted by atomic mass is 16.5. The zero-order valence-electron chi connectivity index (χ0n) is 10.8. The molecule has 1 aromatic rings. The van der Waals surface area contributed by atoms with Gasteiger partial charge in [0.1, 0.15) is 6.10 Å². The van der Waals surface area contributed by atoms with Crippen LogP contribution >= 0.6 is 0 Å². The lowest BCUT2D eigenvalue weighted by Gasteiger charge is -2.22. The van der Waals surface area contributed by atoms with Crippen LogP contribution in [0.4, 0.5) is 5.95 Å². The van der Waals surface area contributed by atoms with E-state index >= 15 is 0 Å². The Labute approximate surface area is 107 Å². The lowest BCUT2D eigenvalue weighted by molar-refractivity contribution is -0.128. The number of ether oxygens (including phenoxy) is 1. The van der Waals surface area contributed by atoms with Gasteiger partial charge in [-0.3, -0.25) is 10.1 Å². The third kappa shape index (κ3) is 3.30. The smallest absolute Gasteiger partial charge is 0.257 e. The maximum absolute atomic E-state index is 12.0. The van der Waals surface area contributed by atoms with Crippen molar-refractivity contribution in [2.24, 2.45) is 5.92 Å². The molecule has 1 aliphatic rings. The number of hydrogen-bond acceptors (Lipinski definition) is 4. The van der Waals surface area contributed by atoms with E-state index in [2.05, 4.69) is 29.5 Å². The first-order valence-corrected chi connectivity index (χ1v) is 6.31. The molecule has 0 aliphatic carbocycles. The minimum atomic E-state index is -0.428. The van der Waals surface area contributed by atoms with Gasteiger partial charge in [0.15, 0.2) is 0 Å². The Balaban J connectivity index is 1.95. The number of carbonyl (C=O) groups excluding carboxylic acids is 1. The lowest BCUT2D eigenvalue weighted by atomic mass is 10.2. The number of carbonyl (C=O) groups is 1. The standard InChI is InChI=1S/C12H20N4O2/c1-9(2)8-16-5-3-14-12(16)15-11(17)10-7-13-4-6-18-10/h3,5,9-10,13H,4,6-8H2,1-2H3,(H,14,15,17)/t10-/m0/s1. The summed E-state index contributed by atoms with van der Waals surface area (Å²) in [6.07, 6.45) is 3.14. The van der Waals surface area contributed by atoms with E-state index in [0.29, 0.717) is 25.0 Å². The van der Waals surface area contributed by atoms with E-state index in [0.717, 1.165) is 13.1 Å². The summed E-state index contributed by atoms with van der Waals surface area (Å²) in [5.74, 6) is 0.948. The molecule has 0 saturated carbocycles. The molecule has 100 valence electrons. The number of anilines is 1. The molecule has 2 heterocycles. The molecule has 1 aromatic heterocycles. The van der Waals surface area contributed by atoms with Crippen molar-refractivity contribution >= 4 is 11.9 Å². The summed E-state index contributed by atoms with van der Waals surface area (Å²) in [7, 11) is 0. The van der Waals surface area contributed by atoms with Crippen molar-refractivity contribution < 1.29 is 9.53 Å². The van der Waals surface area contributed by atoms with Gasteiger partial charge < -0.3 is 14.6 Å². The van der Waals surface area contributed by atoms with Gasteiger partial charge in [-0.1, -0.05) is 13.8 Å². The lowest BCUT2D eigenvalue weighted by Crippen LogP contribution is -2.45. The average molecular weight is 252 g/mol. The molecular formula is C12H20N4O2. The Kier molecular flexibility index (Phi) is 4.33. The second-order valence-electron chi connectivity index (χ2n) is 4.85. The van der Waals surface area contributed by atoms with Crippen LogP contribution in [0.3, 0.4) is 0 Å². The van der Waals surface area contributed by atoms with Gasteiger partial charge >= 0.3 is 0 Å². The number of imidazole rings is 1. The summed E-state index contributed by atoms with van der Waals surface area (Å²) in [4.78, 5) is 16.1. The first-order valence-electron chi connectivity index (χ1n) is 6.31. The fourth-order valence-electron chi connectivity index (χ4n) is 1.90. The fourth-order valence-corrected chi connectivity index (χ4v) is 1.90. The van der Waals surface area contributed by atoms with Crippen molar-refractivity contribution in [1.29, 1.82) is 0 Å². The molecule has 0 radical (unpaired) electrons. The maximum atomic E-state index is 12.0. The molecule has 18 heavy (non-hydrogen) atoms. The number of hydrogen-bond donors (Lipinski definition) is 2. The molecule has 1 aliphatic heterocycles. The Hall–Kier alpha value is -1.40. The van der Waals surface area contributed by atoms with Crippen LogP contribution in [0, 0.1) is 5.92 Å². The van der Waals surface area contributed by atoms with Crippen molar-refractivity contribution in [2.75, 3.05) is 25.0 Å². The number of amides is 1. The molecule has 1 saturated heterocycles. The molecule has 6 nitrogen and oxygen atoms in total. The Morgan fingerprint density at radius 3 is 3.22 bits per heavy atom. The first-order chi connectivity index (χ1) is 8.66. The third-order valence-corrected chi connectivity index (χ3v) is 2.73. The number of rotatable bonds is 4. The van der Waals surface area contributed by atoms with Crippen LogP contribution in [-0.4, -0.2) is 41.3 Å². The quantitative estimate of drug-likeness (QED) is 0.817. The van der Waals surface area contributed by atoms with Crippen molar-refractivity contribution in [3.63, 3.8) is 0 Å². The van der Waals surface area contributed by atoms with Crippen LogP contribution < -0.4 is 10.6 Å². The molecule has 1 amide bonds. The summed E-state index contributed by atoms with van der Waals surface area (Å²) in [6.45, 7) is 7.00. The SMILES string of the molecule is CC(C)Cn1ccnc1NC(=O)[C@@H]1CNCCO1. The van der Waals surface area contributed by atoms with Gasteiger partial charge in [-0.25, -0.2) is 4.98 Å². The molecule has 0 unspecified atom stereocenters. The normalized spacial score (nSPS) is 20.1. The summed E-state index contributed by atoms with van der Waals surface area (Å²) in [5.41, 5.74) is 0. The maximum Gasteiger partial charge on any atom is 0.257 e. The summed E-state index contributed by atoms with van der Waals surface area (Å²) in [6, 6.07) is 0. The van der Waals surface area contributed by atoms with Crippen LogP contribution in [0.2, 0.25) is 0 Å². The monoisotopic (exact) mass is 252 g/mol. The molecule has 2 N–H and O–H groups in total. The highest BCUT2D eigenvalue weighted by Crippen LogP contribution is 2.09. The average Bonchev–Trinajstić information content (AvgIpc) is 2.77. The Morgan fingerprint density at radius 2 is 2.56 bits per heavy atom. The van der Waals surface area contributed by atoms with Gasteiger partial charge in [0.05, 0.1) is 6.61 Å². The largest absolute Gasteiger partial charge is 0.366 e. The van der Waals surface area contributed by atoms with E-state index in [1.165, 1.54) is 0 Å². The first kappa shape index (κ1) is 13.0. The van der Waals surface area contributed by atoms with Gasteiger partial charge in [0.2, 0.25) is 5.95 Å². The highest BCUT2D eigenvalue weighted by Gasteiger charge is 2.22. The highest BCUT2D eigenvalue weighted by molar-refractivity contribution is 5.93. The van der Waals surface area contributed by atoms with E-state index in [-0.39, 0.29) is 5.91 Å². The van der Waals surface area contributed by atoms with Gasteiger partial charge in [0, 0.05) is 32.0 Å². The summed E-state index contributed by atoms with van der Waals surface area (Å²) < 4.78 is 7.34. The van der Waals surface area contributed by atoms with E-state index in [1.54, 1.807) is 6.20 Å². The van der Waals surface area contributed by atoms with Gasteiger partial charge in [-0.05, 0) is 5.92 Å². The Morgan fingerprint density at radius 1 is 1.72 bits per heavy atom. The van der Waals surface area contributed by atoms with E-state index in [1.807, 2.05) is 10.8 Å². The number of nitrogens with one attached hydrogen (secondary N) is 2. The molecular weight excluding hydrogens is 232 g/mol. The van der Waals surface area contributed by atoms with Crippen LogP contribution in [0.25, 0.3) is 0 Å². The van der Waals surface area contributed by atoms with Gasteiger partial charge in [-0.15, -0.1) is 0 Å². The van der Waals surface area contributed by atoms with Gasteiger partial charge in [0.25, 0.3) is 5.91 Å². The van der Waals surface area contributed by atoms with E-state index < -0.39 is 6.10 Å². The molecule has 0 bridgehead atoms. The second kappa shape index (κ2) is 5.97. The molecule has 1 fully saturated rings. The second-order valence-corrected chi connectivity index (χ2v) is 4.85. The number of nitrogens with zero attached hydrogens (tertiary/aromatic N) is 2. The van der Waals surface area contributed by atoms with Crippen LogP contribution in [-0.2, 0) is 16.1 Å². The van der Waals surface area contributed by atoms with Crippen LogP contribution in [0.5, 0.6) is 0 Å². The predicted molar refractivity (Wildman–Crippen MR) is 68.3 cm³/mol. The number of morpholine rings is 1. The zero-order chi connectivity index (χ0) is 13.0. The molecule has 0 aromatic carbocycles. The zero-order valence-corrected chi connectivity index (χ0v) is 10.8. The summed E-state index contributed by atoms with van der Waals surface area (Å²) in [5, 5.41) is 5.94. The Bertz CT molecular complexity index is 397. The van der Waals surface area contributed by atoms with Gasteiger partial charge in [-0.2, -0.15) is 0 Å². The minimum absolute atomic E-state index is 0.140. The predicted octanol–water partition coefficient (Wildman–Crippen LogP) is 0.466. The number of aromatic nitrogens is 2. The van der Waals surface area contributed by atoms with E-state index in [9.17, 15) is 4.79 Å². The van der Waals surface area contributed by atoms with Crippen molar-refractivity contribution in [3.05, 3.63) is 12.4 Å².